The predicted molar refractivity (Wildman–Crippen MR) is 65.9 cm³/mol. The summed E-state index contributed by atoms with van der Waals surface area (Å²) in [4.78, 5) is 16.0. The van der Waals surface area contributed by atoms with E-state index in [-0.39, 0.29) is 12.4 Å². The zero-order valence-electron chi connectivity index (χ0n) is 9.43. The van der Waals surface area contributed by atoms with Gasteiger partial charge in [-0.1, -0.05) is 24.3 Å². The molecule has 1 heterocycles. The molecule has 0 saturated heterocycles. The molecule has 0 bridgehead atoms. The van der Waals surface area contributed by atoms with Gasteiger partial charge in [0.25, 0.3) is 0 Å². The lowest BCUT2D eigenvalue weighted by molar-refractivity contribution is 0.0775. The summed E-state index contributed by atoms with van der Waals surface area (Å²) in [6, 6.07) is 7.66. The molecule has 2 N–H and O–H groups in total. The highest BCUT2D eigenvalue weighted by molar-refractivity contribution is 6.08. The topological polar surface area (TPSA) is 65.2 Å². The Morgan fingerprint density at radius 2 is 2.12 bits per heavy atom. The van der Waals surface area contributed by atoms with E-state index in [1.165, 1.54) is 0 Å². The standard InChI is InChI=1S/C13H14N2O2/c14-5-6-17-9-13(16)12-8-15-7-10-3-1-2-4-11(10)12/h1-4,7-8H,5-6,9,14H2. The van der Waals surface area contributed by atoms with E-state index in [1.54, 1.807) is 12.4 Å². The second-order valence-electron chi connectivity index (χ2n) is 3.67. The van der Waals surface area contributed by atoms with E-state index < -0.39 is 0 Å². The molecule has 0 aliphatic carbocycles. The van der Waals surface area contributed by atoms with Crippen molar-refractivity contribution in [1.82, 2.24) is 4.98 Å². The molecule has 1 aromatic carbocycles. The molecule has 0 amide bonds. The van der Waals surface area contributed by atoms with Gasteiger partial charge in [-0.25, -0.2) is 0 Å². The van der Waals surface area contributed by atoms with Gasteiger partial charge in [0.05, 0.1) is 6.61 Å². The Morgan fingerprint density at radius 3 is 2.94 bits per heavy atom. The molecule has 4 heteroatoms. The zero-order valence-corrected chi connectivity index (χ0v) is 9.43. The number of benzene rings is 1. The molecule has 0 aliphatic rings. The van der Waals surface area contributed by atoms with Crippen molar-refractivity contribution < 1.29 is 9.53 Å². The summed E-state index contributed by atoms with van der Waals surface area (Å²) in [6.07, 6.45) is 3.32. The molecule has 0 fully saturated rings. The van der Waals surface area contributed by atoms with E-state index in [4.69, 9.17) is 10.5 Å². The highest BCUT2D eigenvalue weighted by atomic mass is 16.5. The van der Waals surface area contributed by atoms with E-state index in [1.807, 2.05) is 24.3 Å². The van der Waals surface area contributed by atoms with Gasteiger partial charge in [-0.05, 0) is 5.39 Å². The lowest BCUT2D eigenvalue weighted by Crippen LogP contribution is -2.15. The van der Waals surface area contributed by atoms with Crippen LogP contribution in [-0.4, -0.2) is 30.5 Å². The van der Waals surface area contributed by atoms with Gasteiger partial charge in [0.2, 0.25) is 0 Å². The van der Waals surface area contributed by atoms with Gasteiger partial charge in [-0.2, -0.15) is 0 Å². The number of nitrogens with two attached hydrogens (primary N) is 1. The summed E-state index contributed by atoms with van der Waals surface area (Å²) >= 11 is 0. The second kappa shape index (κ2) is 5.52. The minimum Gasteiger partial charge on any atom is -0.372 e. The molecular weight excluding hydrogens is 216 g/mol. The lowest BCUT2D eigenvalue weighted by atomic mass is 10.1. The average Bonchev–Trinajstić information content (AvgIpc) is 2.38. The molecular formula is C13H14N2O2. The first-order valence-electron chi connectivity index (χ1n) is 5.46. The summed E-state index contributed by atoms with van der Waals surface area (Å²) in [6.45, 7) is 0.859. The van der Waals surface area contributed by atoms with E-state index in [0.717, 1.165) is 10.8 Å². The Kier molecular flexibility index (Phi) is 3.80. The SMILES string of the molecule is NCCOCC(=O)c1cncc2ccccc12. The molecule has 0 aliphatic heterocycles. The van der Waals surface area contributed by atoms with E-state index in [9.17, 15) is 4.79 Å². The van der Waals surface area contributed by atoms with Crippen molar-refractivity contribution >= 4 is 16.6 Å². The fourth-order valence-electron chi connectivity index (χ4n) is 1.66. The van der Waals surface area contributed by atoms with Crippen LogP contribution in [0.2, 0.25) is 0 Å². The lowest BCUT2D eigenvalue weighted by Gasteiger charge is -2.05. The number of nitrogens with zero attached hydrogens (tertiary/aromatic N) is 1. The zero-order chi connectivity index (χ0) is 12.1. The molecule has 0 unspecified atom stereocenters. The smallest absolute Gasteiger partial charge is 0.190 e. The average molecular weight is 230 g/mol. The number of ether oxygens (including phenoxy) is 1. The number of carbonyl (C=O) groups is 1. The van der Waals surface area contributed by atoms with Crippen molar-refractivity contribution in [2.24, 2.45) is 5.73 Å². The maximum atomic E-state index is 11.9. The molecule has 17 heavy (non-hydrogen) atoms. The fourth-order valence-corrected chi connectivity index (χ4v) is 1.66. The Balaban J connectivity index is 2.26. The van der Waals surface area contributed by atoms with Crippen LogP contribution in [0.4, 0.5) is 0 Å². The summed E-state index contributed by atoms with van der Waals surface area (Å²) < 4.78 is 5.15. The van der Waals surface area contributed by atoms with Gasteiger partial charge in [-0.3, -0.25) is 9.78 Å². The number of carbonyl (C=O) groups excluding carboxylic acids is 1. The number of pyridine rings is 1. The summed E-state index contributed by atoms with van der Waals surface area (Å²) in [5.74, 6) is -0.0669. The van der Waals surface area contributed by atoms with Gasteiger partial charge >= 0.3 is 0 Å². The van der Waals surface area contributed by atoms with Gasteiger partial charge in [0, 0.05) is 29.9 Å². The molecule has 4 nitrogen and oxygen atoms in total. The minimum atomic E-state index is -0.0669. The largest absolute Gasteiger partial charge is 0.372 e. The predicted octanol–water partition coefficient (Wildman–Crippen LogP) is 1.39. The second-order valence-corrected chi connectivity index (χ2v) is 3.67. The Hall–Kier alpha value is -1.78. The van der Waals surface area contributed by atoms with Gasteiger partial charge < -0.3 is 10.5 Å². The fraction of sp³-hybridized carbons (Fsp3) is 0.231. The van der Waals surface area contributed by atoms with Crippen molar-refractivity contribution in [3.8, 4) is 0 Å². The molecule has 0 spiro atoms. The monoisotopic (exact) mass is 230 g/mol. The third kappa shape index (κ3) is 2.67. The maximum absolute atomic E-state index is 11.9. The van der Waals surface area contributed by atoms with Crippen molar-refractivity contribution in [2.75, 3.05) is 19.8 Å². The molecule has 0 atom stereocenters. The third-order valence-corrected chi connectivity index (χ3v) is 2.46. The number of ketones is 1. The number of aromatic nitrogens is 1. The van der Waals surface area contributed by atoms with Gasteiger partial charge in [0.15, 0.2) is 5.78 Å². The Labute approximate surface area is 99.4 Å². The van der Waals surface area contributed by atoms with Crippen LogP contribution in [0.1, 0.15) is 10.4 Å². The summed E-state index contributed by atoms with van der Waals surface area (Å²) in [5, 5.41) is 1.86. The first-order valence-corrected chi connectivity index (χ1v) is 5.46. The normalized spacial score (nSPS) is 10.6. The summed E-state index contributed by atoms with van der Waals surface area (Å²) in [7, 11) is 0. The number of fused-ring (bicyclic) bond motifs is 1. The van der Waals surface area contributed by atoms with E-state index >= 15 is 0 Å². The van der Waals surface area contributed by atoms with Crippen LogP contribution in [0.3, 0.4) is 0 Å². The Bertz CT molecular complexity index is 520. The van der Waals surface area contributed by atoms with Crippen LogP contribution in [0.5, 0.6) is 0 Å². The van der Waals surface area contributed by atoms with Crippen molar-refractivity contribution in [3.05, 3.63) is 42.2 Å². The molecule has 1 aromatic heterocycles. The van der Waals surface area contributed by atoms with Crippen LogP contribution in [0.25, 0.3) is 10.8 Å². The van der Waals surface area contributed by atoms with Gasteiger partial charge in [-0.15, -0.1) is 0 Å². The molecule has 88 valence electrons. The molecule has 0 saturated carbocycles. The molecule has 2 rings (SSSR count). The minimum absolute atomic E-state index is 0.0485. The number of hydrogen-bond acceptors (Lipinski definition) is 4. The van der Waals surface area contributed by atoms with Crippen LogP contribution in [0, 0.1) is 0 Å². The van der Waals surface area contributed by atoms with Crippen LogP contribution in [-0.2, 0) is 4.74 Å². The number of rotatable bonds is 5. The number of hydrogen-bond donors (Lipinski definition) is 1. The maximum Gasteiger partial charge on any atom is 0.190 e. The molecule has 0 radical (unpaired) electrons. The van der Waals surface area contributed by atoms with Crippen molar-refractivity contribution in [1.29, 1.82) is 0 Å². The third-order valence-electron chi connectivity index (χ3n) is 2.46. The van der Waals surface area contributed by atoms with Crippen molar-refractivity contribution in [3.63, 3.8) is 0 Å². The first-order chi connectivity index (χ1) is 8.33. The number of Topliss-reactive ketones (excluding diaryl/α,β-unsaturated/α-hetero) is 1. The van der Waals surface area contributed by atoms with Crippen LogP contribution in [0.15, 0.2) is 36.7 Å². The van der Waals surface area contributed by atoms with E-state index in [0.29, 0.717) is 18.7 Å². The highest BCUT2D eigenvalue weighted by Gasteiger charge is 2.10. The Morgan fingerprint density at radius 1 is 1.29 bits per heavy atom. The quantitative estimate of drug-likeness (QED) is 0.622. The van der Waals surface area contributed by atoms with Crippen LogP contribution >= 0.6 is 0 Å². The van der Waals surface area contributed by atoms with Gasteiger partial charge in [0.1, 0.15) is 6.61 Å². The first kappa shape index (κ1) is 11.7. The van der Waals surface area contributed by atoms with E-state index in [2.05, 4.69) is 4.98 Å². The molecule has 2 aromatic rings. The summed E-state index contributed by atoms with van der Waals surface area (Å²) in [5.41, 5.74) is 5.89. The van der Waals surface area contributed by atoms with Crippen molar-refractivity contribution in [2.45, 2.75) is 0 Å². The highest BCUT2D eigenvalue weighted by Crippen LogP contribution is 2.17. The van der Waals surface area contributed by atoms with Crippen LogP contribution < -0.4 is 5.73 Å².